The van der Waals surface area contributed by atoms with Crippen molar-refractivity contribution in [2.75, 3.05) is 0 Å². The van der Waals surface area contributed by atoms with Crippen LogP contribution in [0.5, 0.6) is 0 Å². The summed E-state index contributed by atoms with van der Waals surface area (Å²) in [5, 5.41) is 0. The number of rotatable bonds is 5. The first-order chi connectivity index (χ1) is 5.31. The number of carbonyl (C=O) groups excluding carboxylic acids is 1. The van der Waals surface area contributed by atoms with E-state index in [1.807, 2.05) is 6.08 Å². The minimum Gasteiger partial charge on any atom is -0.435 e. The average Bonchev–Trinajstić information content (AvgIpc) is 2.04. The summed E-state index contributed by atoms with van der Waals surface area (Å²) in [6, 6.07) is 0. The summed E-state index contributed by atoms with van der Waals surface area (Å²) >= 11 is 0. The standard InChI is InChI=1S/C9H16O2/c1-3-5-6-7-8-11-9(10)4-2/h7-8H,3-6H2,1-2H3. The zero-order valence-electron chi connectivity index (χ0n) is 7.30. The molecule has 0 radical (unpaired) electrons. The predicted molar refractivity (Wildman–Crippen MR) is 45.0 cm³/mol. The summed E-state index contributed by atoms with van der Waals surface area (Å²) in [4.78, 5) is 10.6. The van der Waals surface area contributed by atoms with E-state index in [2.05, 4.69) is 6.92 Å². The average molecular weight is 156 g/mol. The highest BCUT2D eigenvalue weighted by Gasteiger charge is 1.91. The van der Waals surface area contributed by atoms with E-state index in [9.17, 15) is 4.79 Å². The summed E-state index contributed by atoms with van der Waals surface area (Å²) in [6.45, 7) is 3.91. The van der Waals surface area contributed by atoms with E-state index in [1.54, 1.807) is 6.92 Å². The Morgan fingerprint density at radius 2 is 2.18 bits per heavy atom. The van der Waals surface area contributed by atoms with Gasteiger partial charge in [0, 0.05) is 6.42 Å². The summed E-state index contributed by atoms with van der Waals surface area (Å²) in [5.41, 5.74) is 0. The van der Waals surface area contributed by atoms with Gasteiger partial charge in [-0.1, -0.05) is 20.3 Å². The fraction of sp³-hybridized carbons (Fsp3) is 0.667. The summed E-state index contributed by atoms with van der Waals surface area (Å²) in [5.74, 6) is -0.169. The van der Waals surface area contributed by atoms with Gasteiger partial charge in [-0.25, -0.2) is 0 Å². The largest absolute Gasteiger partial charge is 0.435 e. The molecule has 0 atom stereocenters. The molecule has 0 aliphatic heterocycles. The normalized spacial score (nSPS) is 10.4. The first-order valence-electron chi connectivity index (χ1n) is 4.15. The molecule has 0 rings (SSSR count). The van der Waals surface area contributed by atoms with Crippen molar-refractivity contribution in [1.29, 1.82) is 0 Å². The van der Waals surface area contributed by atoms with Crippen molar-refractivity contribution in [3.05, 3.63) is 12.3 Å². The van der Waals surface area contributed by atoms with Gasteiger partial charge in [0.1, 0.15) is 0 Å². The zero-order valence-corrected chi connectivity index (χ0v) is 7.30. The Kier molecular flexibility index (Phi) is 6.79. The molecular formula is C9H16O2. The first kappa shape index (κ1) is 10.2. The van der Waals surface area contributed by atoms with Crippen LogP contribution in [0.1, 0.15) is 39.5 Å². The SMILES string of the molecule is CCCCC=COC(=O)CC. The van der Waals surface area contributed by atoms with E-state index in [0.29, 0.717) is 6.42 Å². The summed E-state index contributed by atoms with van der Waals surface area (Å²) < 4.78 is 4.72. The van der Waals surface area contributed by atoms with Crippen LogP contribution >= 0.6 is 0 Å². The Balaban J connectivity index is 3.22. The molecule has 11 heavy (non-hydrogen) atoms. The molecule has 0 bridgehead atoms. The number of unbranched alkanes of at least 4 members (excludes halogenated alkanes) is 2. The van der Waals surface area contributed by atoms with Gasteiger partial charge in [0.2, 0.25) is 0 Å². The van der Waals surface area contributed by atoms with Gasteiger partial charge in [-0.05, 0) is 18.9 Å². The molecule has 0 unspecified atom stereocenters. The minimum atomic E-state index is -0.169. The van der Waals surface area contributed by atoms with E-state index in [1.165, 1.54) is 12.7 Å². The van der Waals surface area contributed by atoms with Crippen molar-refractivity contribution in [1.82, 2.24) is 0 Å². The molecule has 64 valence electrons. The van der Waals surface area contributed by atoms with Gasteiger partial charge in [0.05, 0.1) is 6.26 Å². The van der Waals surface area contributed by atoms with Gasteiger partial charge >= 0.3 is 5.97 Å². The Morgan fingerprint density at radius 3 is 2.73 bits per heavy atom. The molecule has 0 aliphatic rings. The monoisotopic (exact) mass is 156 g/mol. The molecular weight excluding hydrogens is 140 g/mol. The van der Waals surface area contributed by atoms with Crippen LogP contribution in [0, 0.1) is 0 Å². The van der Waals surface area contributed by atoms with Crippen LogP contribution in [0.15, 0.2) is 12.3 Å². The van der Waals surface area contributed by atoms with E-state index in [-0.39, 0.29) is 5.97 Å². The number of carbonyl (C=O) groups is 1. The number of hydrogen-bond donors (Lipinski definition) is 0. The van der Waals surface area contributed by atoms with Crippen LogP contribution in [0.2, 0.25) is 0 Å². The van der Waals surface area contributed by atoms with Crippen LogP contribution in [-0.4, -0.2) is 5.97 Å². The van der Waals surface area contributed by atoms with Crippen molar-refractivity contribution < 1.29 is 9.53 Å². The first-order valence-corrected chi connectivity index (χ1v) is 4.15. The number of esters is 1. The van der Waals surface area contributed by atoms with Crippen LogP contribution in [0.4, 0.5) is 0 Å². The maximum absolute atomic E-state index is 10.6. The zero-order chi connectivity index (χ0) is 8.53. The second-order valence-corrected chi connectivity index (χ2v) is 2.36. The second kappa shape index (κ2) is 7.32. The lowest BCUT2D eigenvalue weighted by Crippen LogP contribution is -1.94. The second-order valence-electron chi connectivity index (χ2n) is 2.36. The van der Waals surface area contributed by atoms with Crippen LogP contribution in [-0.2, 0) is 9.53 Å². The molecule has 2 nitrogen and oxygen atoms in total. The van der Waals surface area contributed by atoms with E-state index in [4.69, 9.17) is 4.74 Å². The van der Waals surface area contributed by atoms with E-state index >= 15 is 0 Å². The lowest BCUT2D eigenvalue weighted by atomic mass is 10.2. The predicted octanol–water partition coefficient (Wildman–Crippen LogP) is 2.64. The van der Waals surface area contributed by atoms with E-state index in [0.717, 1.165) is 12.8 Å². The summed E-state index contributed by atoms with van der Waals surface area (Å²) in [7, 11) is 0. The van der Waals surface area contributed by atoms with Crippen molar-refractivity contribution in [2.24, 2.45) is 0 Å². The Bertz CT molecular complexity index is 128. The minimum absolute atomic E-state index is 0.169. The lowest BCUT2D eigenvalue weighted by molar-refractivity contribution is -0.137. The fourth-order valence-corrected chi connectivity index (χ4v) is 0.597. The quantitative estimate of drug-likeness (QED) is 0.347. The van der Waals surface area contributed by atoms with Crippen molar-refractivity contribution >= 4 is 5.97 Å². The van der Waals surface area contributed by atoms with Crippen molar-refractivity contribution in [2.45, 2.75) is 39.5 Å². The van der Waals surface area contributed by atoms with Crippen LogP contribution in [0.3, 0.4) is 0 Å². The maximum atomic E-state index is 10.6. The Morgan fingerprint density at radius 1 is 1.45 bits per heavy atom. The highest BCUT2D eigenvalue weighted by atomic mass is 16.5. The lowest BCUT2D eigenvalue weighted by Gasteiger charge is -1.93. The molecule has 0 heterocycles. The molecule has 0 amide bonds. The third kappa shape index (κ3) is 7.10. The fourth-order valence-electron chi connectivity index (χ4n) is 0.597. The topological polar surface area (TPSA) is 26.3 Å². The van der Waals surface area contributed by atoms with Gasteiger partial charge in [0.15, 0.2) is 0 Å². The smallest absolute Gasteiger partial charge is 0.310 e. The van der Waals surface area contributed by atoms with Gasteiger partial charge < -0.3 is 4.74 Å². The highest BCUT2D eigenvalue weighted by Crippen LogP contribution is 1.95. The molecule has 0 aliphatic carbocycles. The van der Waals surface area contributed by atoms with Gasteiger partial charge in [-0.15, -0.1) is 0 Å². The molecule has 0 fully saturated rings. The molecule has 0 aromatic rings. The molecule has 0 saturated heterocycles. The van der Waals surface area contributed by atoms with Crippen molar-refractivity contribution in [3.8, 4) is 0 Å². The Hall–Kier alpha value is -0.790. The third-order valence-corrected chi connectivity index (χ3v) is 1.31. The molecule has 0 aromatic carbocycles. The third-order valence-electron chi connectivity index (χ3n) is 1.31. The number of ether oxygens (including phenoxy) is 1. The maximum Gasteiger partial charge on any atom is 0.310 e. The number of allylic oxidation sites excluding steroid dienone is 1. The van der Waals surface area contributed by atoms with Gasteiger partial charge in [-0.2, -0.15) is 0 Å². The molecule has 0 spiro atoms. The summed E-state index contributed by atoms with van der Waals surface area (Å²) in [6.07, 6.45) is 7.14. The molecule has 0 N–H and O–H groups in total. The van der Waals surface area contributed by atoms with Crippen LogP contribution < -0.4 is 0 Å². The van der Waals surface area contributed by atoms with Crippen molar-refractivity contribution in [3.63, 3.8) is 0 Å². The molecule has 0 saturated carbocycles. The Labute approximate surface area is 68.2 Å². The van der Waals surface area contributed by atoms with E-state index < -0.39 is 0 Å². The van der Waals surface area contributed by atoms with Crippen LogP contribution in [0.25, 0.3) is 0 Å². The molecule has 2 heteroatoms. The number of hydrogen-bond acceptors (Lipinski definition) is 2. The van der Waals surface area contributed by atoms with Gasteiger partial charge in [-0.3, -0.25) is 4.79 Å². The highest BCUT2D eigenvalue weighted by molar-refractivity contribution is 5.69. The molecule has 0 aromatic heterocycles. The van der Waals surface area contributed by atoms with Gasteiger partial charge in [0.25, 0.3) is 0 Å².